The minimum atomic E-state index is -5.17. The molecule has 0 heterocycles. The average molecular weight is 233 g/mol. The van der Waals surface area contributed by atoms with Crippen molar-refractivity contribution in [1.82, 2.24) is 12.3 Å². The number of rotatable bonds is 0. The van der Waals surface area contributed by atoms with Gasteiger partial charge in [-0.25, -0.2) is 0 Å². The molecule has 10 nitrogen and oxygen atoms in total. The number of hydrogen-bond donors (Lipinski definition) is 2. The topological polar surface area (TPSA) is 219 Å². The molecule has 12 heteroatoms. The number of hydrogen-bond acceptors (Lipinski definition) is 7. The van der Waals surface area contributed by atoms with E-state index in [1.54, 1.807) is 0 Å². The molecule has 0 fully saturated rings. The van der Waals surface area contributed by atoms with Crippen molar-refractivity contribution in [3.8, 4) is 0 Å². The molecule has 0 saturated carbocycles. The maximum atomic E-state index is 8.52. The van der Waals surface area contributed by atoms with E-state index in [4.69, 9.17) is 32.8 Å². The molecule has 12 heavy (non-hydrogen) atoms. The third-order valence-corrected chi connectivity index (χ3v) is 0. The van der Waals surface area contributed by atoms with E-state index in [2.05, 4.69) is 0 Å². The summed E-state index contributed by atoms with van der Waals surface area (Å²) >= 11 is 0. The van der Waals surface area contributed by atoms with Gasteiger partial charge in [-0.1, -0.05) is 0 Å². The smallest absolute Gasteiger partial charge is 0.759 e. The van der Waals surface area contributed by atoms with Crippen LogP contribution >= 0.6 is 0 Å². The van der Waals surface area contributed by atoms with Gasteiger partial charge in [-0.2, -0.15) is 0 Å². The summed E-state index contributed by atoms with van der Waals surface area (Å²) in [4.78, 5) is 8.25. The van der Waals surface area contributed by atoms with Gasteiger partial charge in [0.25, 0.3) is 0 Å². The van der Waals surface area contributed by atoms with Crippen molar-refractivity contribution in [2.75, 3.05) is 0 Å². The van der Waals surface area contributed by atoms with Crippen molar-refractivity contribution < 1.29 is 74.0 Å². The second kappa shape index (κ2) is 14.2. The summed E-state index contributed by atoms with van der Waals surface area (Å²) in [6.45, 7) is 0. The Morgan fingerprint density at radius 3 is 1.00 bits per heavy atom. The van der Waals surface area contributed by atoms with Crippen molar-refractivity contribution in [3.63, 3.8) is 0 Å². The van der Waals surface area contributed by atoms with Crippen molar-refractivity contribution in [1.29, 1.82) is 0 Å². The van der Waals surface area contributed by atoms with Crippen molar-refractivity contribution >= 4 is 10.4 Å². The molecule has 0 aliphatic rings. The van der Waals surface area contributed by atoms with Gasteiger partial charge in [0.15, 0.2) is 0 Å². The minimum absolute atomic E-state index is 0. The molecule has 0 bridgehead atoms. The molecule has 0 atom stereocenters. The normalized spacial score (nSPS) is 6.83. The molecule has 8 N–H and O–H groups in total. The zero-order chi connectivity index (χ0) is 8.08. The summed E-state index contributed by atoms with van der Waals surface area (Å²) in [7, 11) is -5.17. The Bertz CT molecular complexity index is 161. The maximum Gasteiger partial charge on any atom is 1.00 e. The molecule has 0 saturated heterocycles. The second-order valence-electron chi connectivity index (χ2n) is 0.632. The predicted octanol–water partition coefficient (Wildman–Crippen LogP) is -3.82. The van der Waals surface area contributed by atoms with Crippen LogP contribution in [0.5, 0.6) is 0 Å². The Morgan fingerprint density at radius 1 is 1.00 bits per heavy atom. The summed E-state index contributed by atoms with van der Waals surface area (Å²) in [5, 5.41) is 14.8. The standard InChI is InChI=1S/K.NO3.2H3N.H2O4S/c;2-1(3)4;;;1-5(2,3)4/h;;2*1H3;(H2,1,2,3,4)/q+1;-1;;;. The molecule has 0 unspecified atom stereocenters. The Kier molecular flexibility index (Phi) is 34.6. The van der Waals surface area contributed by atoms with Gasteiger partial charge in [-0.3, -0.25) is 8.42 Å². The Labute approximate surface area is 111 Å². The van der Waals surface area contributed by atoms with Crippen molar-refractivity contribution in [2.24, 2.45) is 0 Å². The van der Waals surface area contributed by atoms with Crippen LogP contribution in [0.1, 0.15) is 0 Å². The van der Waals surface area contributed by atoms with Gasteiger partial charge >= 0.3 is 51.4 Å². The van der Waals surface area contributed by atoms with Crippen molar-refractivity contribution in [2.45, 2.75) is 0 Å². The molecule has 0 aliphatic carbocycles. The average Bonchev–Trinajstić information content (AvgIpc) is 1.19. The van der Waals surface area contributed by atoms with Crippen LogP contribution in [-0.4, -0.2) is 22.6 Å². The first-order valence-corrected chi connectivity index (χ1v) is 2.55. The van der Waals surface area contributed by atoms with Gasteiger partial charge in [0, 0.05) is 10.4 Å². The van der Waals surface area contributed by atoms with Crippen LogP contribution in [0.25, 0.3) is 0 Å². The fourth-order valence-corrected chi connectivity index (χ4v) is 0. The van der Waals surface area contributed by atoms with Crippen LogP contribution in [0.15, 0.2) is 0 Å². The van der Waals surface area contributed by atoms with Crippen molar-refractivity contribution in [3.05, 3.63) is 15.3 Å². The summed E-state index contributed by atoms with van der Waals surface area (Å²) < 4.78 is 34.1. The Balaban J connectivity index is -0.0000000221. The molecular weight excluding hydrogens is 225 g/mol. The summed E-state index contributed by atoms with van der Waals surface area (Å²) in [6.07, 6.45) is 0. The molecule has 0 aromatic heterocycles. The third-order valence-electron chi connectivity index (χ3n) is 0. The SMILES string of the molecule is O=S(=O)([O-])[O-].O=[N+]([O-])[O-].[K+].[NH4+].[NH4+]. The van der Waals surface area contributed by atoms with Crippen LogP contribution in [0.2, 0.25) is 0 Å². The van der Waals surface area contributed by atoms with E-state index in [0.717, 1.165) is 0 Å². The summed E-state index contributed by atoms with van der Waals surface area (Å²) in [5.41, 5.74) is 0. The monoisotopic (exact) mass is 233 g/mol. The van der Waals surface area contributed by atoms with E-state index in [9.17, 15) is 0 Å². The quantitative estimate of drug-likeness (QED) is 0.139. The Morgan fingerprint density at radius 2 is 1.00 bits per heavy atom. The van der Waals surface area contributed by atoms with Gasteiger partial charge in [-0.15, -0.1) is 0 Å². The van der Waals surface area contributed by atoms with Gasteiger partial charge in [0.05, 0.1) is 5.09 Å². The first-order valence-electron chi connectivity index (χ1n) is 1.21. The molecule has 0 spiro atoms. The van der Waals surface area contributed by atoms with Crippen LogP contribution in [0.3, 0.4) is 0 Å². The van der Waals surface area contributed by atoms with E-state index in [1.165, 1.54) is 0 Å². The molecule has 72 valence electrons. The Hall–Kier alpha value is 0.626. The minimum Gasteiger partial charge on any atom is -0.759 e. The van der Waals surface area contributed by atoms with E-state index in [-0.39, 0.29) is 63.7 Å². The fourth-order valence-electron chi connectivity index (χ4n) is 0. The van der Waals surface area contributed by atoms with Gasteiger partial charge < -0.3 is 36.7 Å². The maximum absolute atomic E-state index is 8.52. The zero-order valence-electron chi connectivity index (χ0n) is 6.71. The van der Waals surface area contributed by atoms with E-state index >= 15 is 0 Å². The first kappa shape index (κ1) is 29.3. The molecular formula is H8KN3O7S. The first-order chi connectivity index (χ1) is 3.73. The van der Waals surface area contributed by atoms with Gasteiger partial charge in [0.2, 0.25) is 0 Å². The largest absolute Gasteiger partial charge is 1.00 e. The molecule has 0 rings (SSSR count). The summed E-state index contributed by atoms with van der Waals surface area (Å²) in [5.74, 6) is 0. The van der Waals surface area contributed by atoms with E-state index in [1.807, 2.05) is 0 Å². The van der Waals surface area contributed by atoms with Crippen LogP contribution in [0.4, 0.5) is 0 Å². The molecule has 0 radical (unpaired) electrons. The molecule has 0 amide bonds. The zero-order valence-corrected chi connectivity index (χ0v) is 10.7. The number of quaternary nitrogens is 2. The van der Waals surface area contributed by atoms with Gasteiger partial charge in [0.1, 0.15) is 0 Å². The van der Waals surface area contributed by atoms with Crippen LogP contribution < -0.4 is 63.7 Å². The van der Waals surface area contributed by atoms with Crippen LogP contribution in [-0.2, 0) is 10.4 Å². The van der Waals surface area contributed by atoms with Gasteiger partial charge in [-0.05, 0) is 0 Å². The fraction of sp³-hybridized carbons (Fsp3) is 0. The predicted molar refractivity (Wildman–Crippen MR) is 32.8 cm³/mol. The third kappa shape index (κ3) is 2510. The van der Waals surface area contributed by atoms with Crippen LogP contribution in [0, 0.1) is 15.3 Å². The molecule has 0 aliphatic heterocycles. The molecule has 0 aromatic carbocycles. The van der Waals surface area contributed by atoms with E-state index in [0.29, 0.717) is 0 Å². The number of nitrogens with zero attached hydrogens (tertiary/aromatic N) is 1. The van der Waals surface area contributed by atoms with E-state index < -0.39 is 15.5 Å². The summed E-state index contributed by atoms with van der Waals surface area (Å²) in [6, 6.07) is 0. The second-order valence-corrected chi connectivity index (χ2v) is 1.45. The molecule has 0 aromatic rings.